The molecular formula is C21H26NO4-. The molecule has 0 bridgehead atoms. The van der Waals surface area contributed by atoms with Crippen LogP contribution >= 0.6 is 0 Å². The second-order valence-corrected chi connectivity index (χ2v) is 8.14. The van der Waals surface area contributed by atoms with Crippen LogP contribution in [0.2, 0.25) is 0 Å². The summed E-state index contributed by atoms with van der Waals surface area (Å²) in [4.78, 5) is 12.6. The van der Waals surface area contributed by atoms with Crippen molar-refractivity contribution >= 4 is 11.7 Å². The summed E-state index contributed by atoms with van der Waals surface area (Å²) in [6.07, 6.45) is 3.58. The lowest BCUT2D eigenvalue weighted by Crippen LogP contribution is -2.33. The Labute approximate surface area is 154 Å². The summed E-state index contributed by atoms with van der Waals surface area (Å²) in [6.45, 7) is 10.8. The van der Waals surface area contributed by atoms with Gasteiger partial charge in [-0.25, -0.2) is 4.79 Å². The third-order valence-electron chi connectivity index (χ3n) is 5.81. The molecule has 1 aromatic rings. The minimum absolute atomic E-state index is 0.0694. The van der Waals surface area contributed by atoms with Crippen molar-refractivity contribution in [1.82, 2.24) is 0 Å². The number of hydrogen-bond donors (Lipinski definition) is 1. The topological polar surface area (TPSA) is 72.8 Å². The molecule has 1 fully saturated rings. The highest BCUT2D eigenvalue weighted by Crippen LogP contribution is 2.49. The molecule has 26 heavy (non-hydrogen) atoms. The van der Waals surface area contributed by atoms with E-state index in [0.29, 0.717) is 17.9 Å². The zero-order chi connectivity index (χ0) is 19.1. The van der Waals surface area contributed by atoms with Crippen LogP contribution in [0.15, 0.2) is 47.6 Å². The fourth-order valence-electron chi connectivity index (χ4n) is 4.10. The molecular weight excluding hydrogens is 330 g/mol. The van der Waals surface area contributed by atoms with E-state index in [1.807, 2.05) is 0 Å². The monoisotopic (exact) mass is 356 g/mol. The Bertz CT molecular complexity index is 746. The van der Waals surface area contributed by atoms with E-state index >= 15 is 0 Å². The third kappa shape index (κ3) is 3.55. The largest absolute Gasteiger partial charge is 0.733 e. The van der Waals surface area contributed by atoms with Crippen molar-refractivity contribution in [2.45, 2.75) is 52.6 Å². The molecule has 0 radical (unpaired) electrons. The predicted octanol–water partition coefficient (Wildman–Crippen LogP) is 5.01. The van der Waals surface area contributed by atoms with Gasteiger partial charge in [0.1, 0.15) is 6.10 Å². The number of benzene rings is 1. The van der Waals surface area contributed by atoms with Crippen molar-refractivity contribution in [3.8, 4) is 0 Å². The standard InChI is InChI=1S/C21H26NO4/c1-13-5-10-17-14(2)11-19(21(3,4)12-18(13)17)26-20(23)15-6-8-16(9-7-15)22(24)25/h6-9,17,19,24H,2,5,10-12H2,1,3-4H3/q-1/t17-,19+/m0/s1. The molecule has 1 N–H and O–H groups in total. The maximum atomic E-state index is 12.6. The smallest absolute Gasteiger partial charge is 0.338 e. The first-order valence-corrected chi connectivity index (χ1v) is 9.02. The van der Waals surface area contributed by atoms with Gasteiger partial charge < -0.3 is 15.2 Å². The third-order valence-corrected chi connectivity index (χ3v) is 5.81. The van der Waals surface area contributed by atoms with Crippen molar-refractivity contribution in [3.05, 3.63) is 58.3 Å². The van der Waals surface area contributed by atoms with Crippen LogP contribution in [-0.2, 0) is 4.74 Å². The summed E-state index contributed by atoms with van der Waals surface area (Å²) in [6, 6.07) is 5.75. The molecule has 0 saturated heterocycles. The van der Waals surface area contributed by atoms with Crippen molar-refractivity contribution in [2.75, 3.05) is 5.23 Å². The van der Waals surface area contributed by atoms with Crippen molar-refractivity contribution < 1.29 is 14.7 Å². The summed E-state index contributed by atoms with van der Waals surface area (Å²) in [5, 5.41) is 19.5. The van der Waals surface area contributed by atoms with Gasteiger partial charge in [-0.2, -0.15) is 0 Å². The van der Waals surface area contributed by atoms with E-state index < -0.39 is 5.97 Å². The molecule has 5 nitrogen and oxygen atoms in total. The fraction of sp³-hybridized carbons (Fsp3) is 0.476. The van der Waals surface area contributed by atoms with Gasteiger partial charge in [-0.05, 0) is 50.5 Å². The molecule has 1 saturated carbocycles. The van der Waals surface area contributed by atoms with Crippen LogP contribution < -0.4 is 5.23 Å². The molecule has 2 aliphatic carbocycles. The van der Waals surface area contributed by atoms with Gasteiger partial charge in [0.2, 0.25) is 0 Å². The Morgan fingerprint density at radius 3 is 2.62 bits per heavy atom. The van der Waals surface area contributed by atoms with Gasteiger partial charge in [-0.1, -0.05) is 37.1 Å². The second-order valence-electron chi connectivity index (χ2n) is 8.14. The number of allylic oxidation sites excluding steroid dienone is 2. The van der Waals surface area contributed by atoms with Crippen LogP contribution in [0.25, 0.3) is 0 Å². The van der Waals surface area contributed by atoms with Crippen molar-refractivity contribution in [2.24, 2.45) is 11.3 Å². The Kier molecular flexibility index (Phi) is 4.95. The zero-order valence-electron chi connectivity index (χ0n) is 15.6. The Hall–Kier alpha value is -2.11. The summed E-state index contributed by atoms with van der Waals surface area (Å²) < 4.78 is 5.87. The molecule has 1 aromatic carbocycles. The van der Waals surface area contributed by atoms with Crippen LogP contribution in [0.3, 0.4) is 0 Å². The summed E-state index contributed by atoms with van der Waals surface area (Å²) in [5.41, 5.74) is 4.33. The first-order valence-electron chi connectivity index (χ1n) is 9.02. The predicted molar refractivity (Wildman–Crippen MR) is 101 cm³/mol. The van der Waals surface area contributed by atoms with E-state index in [-0.39, 0.29) is 22.4 Å². The van der Waals surface area contributed by atoms with Crippen LogP contribution in [-0.4, -0.2) is 17.3 Å². The van der Waals surface area contributed by atoms with Gasteiger partial charge in [-0.15, -0.1) is 0 Å². The lowest BCUT2D eigenvalue weighted by atomic mass is 9.80. The molecule has 0 unspecified atom stereocenters. The second kappa shape index (κ2) is 6.89. The van der Waals surface area contributed by atoms with Gasteiger partial charge in [-0.3, -0.25) is 5.21 Å². The zero-order valence-corrected chi connectivity index (χ0v) is 15.6. The highest BCUT2D eigenvalue weighted by atomic mass is 16.8. The normalized spacial score (nSPS) is 24.9. The minimum Gasteiger partial charge on any atom is -0.733 e. The average Bonchev–Trinajstić information content (AvgIpc) is 2.90. The van der Waals surface area contributed by atoms with E-state index in [2.05, 4.69) is 27.4 Å². The van der Waals surface area contributed by atoms with Gasteiger partial charge in [0.25, 0.3) is 0 Å². The van der Waals surface area contributed by atoms with Gasteiger partial charge >= 0.3 is 5.97 Å². The van der Waals surface area contributed by atoms with E-state index in [4.69, 9.17) is 9.94 Å². The number of rotatable bonds is 3. The lowest BCUT2D eigenvalue weighted by molar-refractivity contribution is -0.00586. The van der Waals surface area contributed by atoms with Crippen LogP contribution in [0, 0.1) is 16.5 Å². The molecule has 0 aliphatic heterocycles. The number of anilines is 1. The van der Waals surface area contributed by atoms with Crippen molar-refractivity contribution in [3.63, 3.8) is 0 Å². The molecule has 0 spiro atoms. The highest BCUT2D eigenvalue weighted by molar-refractivity contribution is 5.90. The first kappa shape index (κ1) is 18.7. The Morgan fingerprint density at radius 2 is 2.00 bits per heavy atom. The summed E-state index contributed by atoms with van der Waals surface area (Å²) in [7, 11) is 0. The quantitative estimate of drug-likeness (QED) is 0.468. The average molecular weight is 356 g/mol. The van der Waals surface area contributed by atoms with Crippen molar-refractivity contribution in [1.29, 1.82) is 0 Å². The molecule has 0 aromatic heterocycles. The maximum Gasteiger partial charge on any atom is 0.338 e. The van der Waals surface area contributed by atoms with E-state index in [1.165, 1.54) is 35.4 Å². The van der Waals surface area contributed by atoms with Gasteiger partial charge in [0, 0.05) is 17.8 Å². The molecule has 5 heteroatoms. The minimum atomic E-state index is -0.421. The highest BCUT2D eigenvalue weighted by Gasteiger charge is 2.41. The maximum absolute atomic E-state index is 12.6. The SMILES string of the molecule is C=C1C[C@@H](OC(=O)c2ccc(N([O-])O)cc2)C(C)(C)CC2=C(C)CC[C@@H]12. The van der Waals surface area contributed by atoms with E-state index in [9.17, 15) is 10.0 Å². The number of esters is 1. The van der Waals surface area contributed by atoms with Crippen LogP contribution in [0.1, 0.15) is 56.8 Å². The number of ether oxygens (including phenoxy) is 1. The first-order chi connectivity index (χ1) is 12.2. The summed E-state index contributed by atoms with van der Waals surface area (Å²) >= 11 is 0. The Morgan fingerprint density at radius 1 is 1.35 bits per heavy atom. The van der Waals surface area contributed by atoms with E-state index in [1.54, 1.807) is 0 Å². The van der Waals surface area contributed by atoms with Crippen LogP contribution in [0.4, 0.5) is 5.69 Å². The number of fused-ring (bicyclic) bond motifs is 1. The number of carbonyl (C=O) groups is 1. The van der Waals surface area contributed by atoms with Gasteiger partial charge in [0.05, 0.1) is 11.3 Å². The number of nitrogens with zero attached hydrogens (tertiary/aromatic N) is 1. The molecule has 2 aliphatic rings. The lowest BCUT2D eigenvalue weighted by Gasteiger charge is -2.32. The molecule has 0 heterocycles. The van der Waals surface area contributed by atoms with Gasteiger partial charge in [0.15, 0.2) is 0 Å². The molecule has 2 atom stereocenters. The molecule has 0 amide bonds. The summed E-state index contributed by atoms with van der Waals surface area (Å²) in [5.74, 6) is 0.000395. The van der Waals surface area contributed by atoms with E-state index in [0.717, 1.165) is 24.8 Å². The number of carbonyl (C=O) groups excluding carboxylic acids is 1. The Balaban J connectivity index is 1.79. The number of hydrogen-bond acceptors (Lipinski definition) is 5. The molecule has 3 rings (SSSR count). The fourth-order valence-corrected chi connectivity index (χ4v) is 4.10. The molecule has 140 valence electrons. The van der Waals surface area contributed by atoms with Crippen LogP contribution in [0.5, 0.6) is 0 Å².